The fourth-order valence-electron chi connectivity index (χ4n) is 5.36. The third-order valence-electron chi connectivity index (χ3n) is 7.92. The highest BCUT2D eigenvalue weighted by Gasteiger charge is 2.55. The number of hydrogen-bond donors (Lipinski definition) is 10. The van der Waals surface area contributed by atoms with Crippen LogP contribution in [-0.4, -0.2) is 177 Å². The summed E-state index contributed by atoms with van der Waals surface area (Å²) in [6.07, 6.45) is -15.7. The van der Waals surface area contributed by atoms with Crippen molar-refractivity contribution in [1.29, 1.82) is 0 Å². The third kappa shape index (κ3) is 7.11. The van der Waals surface area contributed by atoms with Crippen LogP contribution in [0.2, 0.25) is 0 Å². The monoisotopic (exact) mass is 588 g/mol. The molecule has 16 heteroatoms. The van der Waals surface area contributed by atoms with Gasteiger partial charge in [0.15, 0.2) is 6.29 Å². The summed E-state index contributed by atoms with van der Waals surface area (Å²) in [5, 5.41) is 102. The topological polar surface area (TPSA) is 258 Å². The molecule has 0 radical (unpaired) electrons. The van der Waals surface area contributed by atoms with Crippen molar-refractivity contribution in [1.82, 2.24) is 0 Å². The molecule has 0 aromatic carbocycles. The summed E-state index contributed by atoms with van der Waals surface area (Å²) in [5.41, 5.74) is 0. The summed E-state index contributed by atoms with van der Waals surface area (Å²) in [4.78, 5) is 0. The smallest absolute Gasteiger partial charge is 0.219 e. The van der Waals surface area contributed by atoms with Crippen LogP contribution in [0.1, 0.15) is 13.3 Å². The van der Waals surface area contributed by atoms with Gasteiger partial charge in [0.1, 0.15) is 42.7 Å². The van der Waals surface area contributed by atoms with Crippen LogP contribution in [0.4, 0.5) is 0 Å². The molecule has 0 aromatic heterocycles. The molecule has 3 saturated heterocycles. The number of rotatable bonds is 12. The zero-order valence-electron chi connectivity index (χ0n) is 22.5. The van der Waals surface area contributed by atoms with E-state index >= 15 is 0 Å². The van der Waals surface area contributed by atoms with Gasteiger partial charge in [0, 0.05) is 18.9 Å². The van der Waals surface area contributed by atoms with Crippen LogP contribution in [-0.2, 0) is 28.4 Å². The zero-order valence-corrected chi connectivity index (χ0v) is 22.5. The third-order valence-corrected chi connectivity index (χ3v) is 7.92. The molecule has 40 heavy (non-hydrogen) atoms. The second kappa shape index (κ2) is 14.7. The highest BCUT2D eigenvalue weighted by atomic mass is 16.7. The van der Waals surface area contributed by atoms with Crippen LogP contribution in [0.5, 0.6) is 0 Å². The van der Waals surface area contributed by atoms with Gasteiger partial charge in [0.05, 0.1) is 64.1 Å². The van der Waals surface area contributed by atoms with Crippen LogP contribution in [0.25, 0.3) is 0 Å². The van der Waals surface area contributed by atoms with Gasteiger partial charge in [-0.1, -0.05) is 6.92 Å². The summed E-state index contributed by atoms with van der Waals surface area (Å²) in [7, 11) is 1.32. The van der Waals surface area contributed by atoms with E-state index in [4.69, 9.17) is 28.4 Å². The van der Waals surface area contributed by atoms with E-state index in [-0.39, 0.29) is 13.2 Å². The molecule has 0 amide bonds. The number of ether oxygens (including phenoxy) is 6. The van der Waals surface area contributed by atoms with Crippen molar-refractivity contribution in [3.05, 3.63) is 0 Å². The Hall–Kier alpha value is -0.640. The van der Waals surface area contributed by atoms with E-state index in [0.717, 1.165) is 0 Å². The molecule has 0 aliphatic carbocycles. The lowest BCUT2D eigenvalue weighted by Gasteiger charge is -2.48. The van der Waals surface area contributed by atoms with Gasteiger partial charge in [-0.05, 0) is 6.42 Å². The Bertz CT molecular complexity index is 754. The van der Waals surface area contributed by atoms with E-state index in [0.29, 0.717) is 6.42 Å². The number of methoxy groups -OCH3 is 1. The van der Waals surface area contributed by atoms with Crippen molar-refractivity contribution < 1.29 is 79.5 Å². The molecule has 236 valence electrons. The van der Waals surface area contributed by atoms with E-state index in [9.17, 15) is 51.1 Å². The van der Waals surface area contributed by atoms with Gasteiger partial charge in [0.2, 0.25) is 5.79 Å². The Morgan fingerprint density at radius 2 is 1.30 bits per heavy atom. The second-order valence-electron chi connectivity index (χ2n) is 10.5. The number of hydrogen-bond acceptors (Lipinski definition) is 16. The van der Waals surface area contributed by atoms with Gasteiger partial charge in [-0.3, -0.25) is 0 Å². The van der Waals surface area contributed by atoms with E-state index in [1.807, 2.05) is 0 Å². The minimum absolute atomic E-state index is 0.194. The quantitative estimate of drug-likeness (QED) is 0.0953. The number of aliphatic hydroxyl groups is 10. The van der Waals surface area contributed by atoms with Gasteiger partial charge in [0.25, 0.3) is 0 Å². The first kappa shape index (κ1) is 33.9. The van der Waals surface area contributed by atoms with Crippen molar-refractivity contribution >= 4 is 0 Å². The van der Waals surface area contributed by atoms with E-state index < -0.39 is 117 Å². The molecule has 3 aliphatic heterocycles. The lowest BCUT2D eigenvalue weighted by molar-refractivity contribution is -0.361. The Morgan fingerprint density at radius 1 is 0.650 bits per heavy atom. The van der Waals surface area contributed by atoms with Crippen molar-refractivity contribution in [2.75, 3.05) is 46.8 Å². The molecule has 0 aromatic rings. The summed E-state index contributed by atoms with van der Waals surface area (Å²) >= 11 is 0. The second-order valence-corrected chi connectivity index (χ2v) is 10.5. The molecule has 16 nitrogen and oxygen atoms in total. The van der Waals surface area contributed by atoms with Crippen LogP contribution in [0.3, 0.4) is 0 Å². The SMILES string of the molecule is CC[C@@H]1O[C@@H](CO)[C@@H](COC[C@@H]2OC(CO[C@H]3OC(CO)[C@H](O)[C@@H](O)C3O)[C@@H](COC)[C@@H](O)C2(O)O)C(O)C1O. The Balaban J connectivity index is 1.66. The summed E-state index contributed by atoms with van der Waals surface area (Å²) < 4.78 is 33.0. The van der Waals surface area contributed by atoms with E-state index in [1.54, 1.807) is 6.92 Å². The maximum atomic E-state index is 10.8. The molecule has 5 unspecified atom stereocenters. The normalized spacial score (nSPS) is 45.9. The van der Waals surface area contributed by atoms with Crippen LogP contribution >= 0.6 is 0 Å². The van der Waals surface area contributed by atoms with Crippen LogP contribution in [0, 0.1) is 11.8 Å². The molecule has 0 spiro atoms. The molecule has 0 saturated carbocycles. The largest absolute Gasteiger partial charge is 0.394 e. The predicted molar refractivity (Wildman–Crippen MR) is 129 cm³/mol. The number of aliphatic hydroxyl groups excluding tert-OH is 8. The van der Waals surface area contributed by atoms with Crippen molar-refractivity contribution in [2.24, 2.45) is 11.8 Å². The molecular formula is C24H44O16. The molecule has 3 aliphatic rings. The van der Waals surface area contributed by atoms with Gasteiger partial charge >= 0.3 is 0 Å². The average Bonchev–Trinajstić information content (AvgIpc) is 2.93. The summed E-state index contributed by atoms with van der Waals surface area (Å²) in [6.45, 7) is -0.733. The van der Waals surface area contributed by atoms with Crippen LogP contribution < -0.4 is 0 Å². The highest BCUT2D eigenvalue weighted by Crippen LogP contribution is 2.34. The molecule has 3 rings (SSSR count). The van der Waals surface area contributed by atoms with Crippen molar-refractivity contribution in [3.8, 4) is 0 Å². The molecule has 10 N–H and O–H groups in total. The van der Waals surface area contributed by atoms with E-state index in [1.165, 1.54) is 7.11 Å². The summed E-state index contributed by atoms with van der Waals surface area (Å²) in [6, 6.07) is 0. The maximum absolute atomic E-state index is 10.8. The molecular weight excluding hydrogens is 544 g/mol. The van der Waals surface area contributed by atoms with Crippen molar-refractivity contribution in [3.63, 3.8) is 0 Å². The lowest BCUT2D eigenvalue weighted by atomic mass is 9.84. The first-order chi connectivity index (χ1) is 18.9. The summed E-state index contributed by atoms with van der Waals surface area (Å²) in [5.74, 6) is -4.71. The Kier molecular flexibility index (Phi) is 12.4. The van der Waals surface area contributed by atoms with Gasteiger partial charge in [-0.15, -0.1) is 0 Å². The zero-order chi connectivity index (χ0) is 29.8. The predicted octanol–water partition coefficient (Wildman–Crippen LogP) is -5.60. The van der Waals surface area contributed by atoms with Gasteiger partial charge in [-0.2, -0.15) is 0 Å². The molecule has 3 heterocycles. The fraction of sp³-hybridized carbons (Fsp3) is 1.00. The first-order valence-electron chi connectivity index (χ1n) is 13.3. The first-order valence-corrected chi connectivity index (χ1v) is 13.3. The van der Waals surface area contributed by atoms with Crippen LogP contribution in [0.15, 0.2) is 0 Å². The fourth-order valence-corrected chi connectivity index (χ4v) is 5.36. The molecule has 14 atom stereocenters. The van der Waals surface area contributed by atoms with Gasteiger partial charge < -0.3 is 79.5 Å². The highest BCUT2D eigenvalue weighted by molar-refractivity contribution is 4.98. The minimum Gasteiger partial charge on any atom is -0.394 e. The Labute approximate surface area is 231 Å². The van der Waals surface area contributed by atoms with Gasteiger partial charge in [-0.25, -0.2) is 0 Å². The molecule has 3 fully saturated rings. The average molecular weight is 589 g/mol. The molecule has 0 bridgehead atoms. The maximum Gasteiger partial charge on any atom is 0.219 e. The standard InChI is InChI=1S/C24H44O16/c1-3-12-18(28)17(27)10(13(4-25)38-12)7-36-9-16-24(33,34)22(32)11(6-35-2)15(39-16)8-37-23-21(31)20(30)19(29)14(5-26)40-23/h10-23,25-34H,3-9H2,1-2H3/t10-,11-,12+,13+,14?,15?,16+,17?,18?,19+,20-,21?,22-,23+/m1/s1. The van der Waals surface area contributed by atoms with E-state index in [2.05, 4.69) is 0 Å². The minimum atomic E-state index is -2.81. The lowest BCUT2D eigenvalue weighted by Crippen LogP contribution is -2.67. The Morgan fingerprint density at radius 3 is 1.90 bits per heavy atom. The van der Waals surface area contributed by atoms with Crippen molar-refractivity contribution in [2.45, 2.75) is 92.6 Å².